The van der Waals surface area contributed by atoms with Gasteiger partial charge in [-0.3, -0.25) is 4.98 Å². The van der Waals surface area contributed by atoms with Gasteiger partial charge >= 0.3 is 0 Å². The van der Waals surface area contributed by atoms with Crippen LogP contribution in [0.5, 0.6) is 0 Å². The number of anilines is 3. The first-order valence-corrected chi connectivity index (χ1v) is 7.17. The van der Waals surface area contributed by atoms with E-state index in [0.717, 1.165) is 26.8 Å². The fraction of sp³-hybridized carbons (Fsp3) is 0. The molecule has 0 atom stereocenters. The molecule has 3 N–H and O–H groups in total. The largest absolute Gasteiger partial charge is 0.396 e. The molecule has 3 nitrogen and oxygen atoms in total. The maximum absolute atomic E-state index is 6.20. The molecule has 0 aliphatic heterocycles. The Morgan fingerprint density at radius 1 is 1.10 bits per heavy atom. The minimum atomic E-state index is 0.664. The van der Waals surface area contributed by atoms with E-state index in [1.54, 1.807) is 6.20 Å². The van der Waals surface area contributed by atoms with Crippen LogP contribution in [0, 0.1) is 0 Å². The van der Waals surface area contributed by atoms with Crippen LogP contribution in [0.1, 0.15) is 0 Å². The number of nitrogen functional groups attached to an aromatic ring is 1. The predicted molar refractivity (Wildman–Crippen MR) is 88.6 cm³/mol. The standard InChI is InChI=1S/C15H11BrClN3/c16-11-4-3-9(17)8-14(11)20-13-6-5-12-10(15(13)18)2-1-7-19-12/h1-8,20H,18H2. The summed E-state index contributed by atoms with van der Waals surface area (Å²) >= 11 is 9.50. The smallest absolute Gasteiger partial charge is 0.0724 e. The molecule has 0 amide bonds. The quantitative estimate of drug-likeness (QED) is 0.642. The van der Waals surface area contributed by atoms with E-state index in [0.29, 0.717) is 10.7 Å². The lowest BCUT2D eigenvalue weighted by Gasteiger charge is -2.13. The molecule has 0 saturated heterocycles. The number of rotatable bonds is 2. The average molecular weight is 349 g/mol. The van der Waals surface area contributed by atoms with Crippen molar-refractivity contribution in [2.45, 2.75) is 0 Å². The van der Waals surface area contributed by atoms with E-state index in [9.17, 15) is 0 Å². The molecule has 0 unspecified atom stereocenters. The summed E-state index contributed by atoms with van der Waals surface area (Å²) in [6, 6.07) is 13.2. The van der Waals surface area contributed by atoms with Crippen LogP contribution in [0.2, 0.25) is 5.02 Å². The SMILES string of the molecule is Nc1c(Nc2cc(Cl)ccc2Br)ccc2ncccc12. The maximum atomic E-state index is 6.20. The lowest BCUT2D eigenvalue weighted by atomic mass is 10.1. The van der Waals surface area contributed by atoms with Crippen LogP contribution in [0.25, 0.3) is 10.9 Å². The van der Waals surface area contributed by atoms with Crippen molar-refractivity contribution in [3.8, 4) is 0 Å². The van der Waals surface area contributed by atoms with Gasteiger partial charge in [-0.05, 0) is 58.4 Å². The summed E-state index contributed by atoms with van der Waals surface area (Å²) in [7, 11) is 0. The van der Waals surface area contributed by atoms with E-state index >= 15 is 0 Å². The summed E-state index contributed by atoms with van der Waals surface area (Å²) in [6.07, 6.45) is 1.75. The van der Waals surface area contributed by atoms with Gasteiger partial charge < -0.3 is 11.1 Å². The van der Waals surface area contributed by atoms with Gasteiger partial charge in [-0.1, -0.05) is 11.6 Å². The first-order chi connectivity index (χ1) is 9.65. The highest BCUT2D eigenvalue weighted by Gasteiger charge is 2.07. The second-order valence-electron chi connectivity index (χ2n) is 4.35. The van der Waals surface area contributed by atoms with Crippen molar-refractivity contribution in [3.05, 3.63) is 58.2 Å². The van der Waals surface area contributed by atoms with Crippen LogP contribution in [-0.4, -0.2) is 4.98 Å². The summed E-state index contributed by atoms with van der Waals surface area (Å²) in [5.41, 5.74) is 9.44. The van der Waals surface area contributed by atoms with E-state index in [1.807, 2.05) is 42.5 Å². The number of pyridine rings is 1. The molecule has 0 aliphatic rings. The van der Waals surface area contributed by atoms with Crippen molar-refractivity contribution in [2.24, 2.45) is 0 Å². The Labute approximate surface area is 129 Å². The summed E-state index contributed by atoms with van der Waals surface area (Å²) in [5.74, 6) is 0. The summed E-state index contributed by atoms with van der Waals surface area (Å²) in [5, 5.41) is 4.88. The van der Waals surface area contributed by atoms with E-state index in [4.69, 9.17) is 17.3 Å². The van der Waals surface area contributed by atoms with E-state index in [1.165, 1.54) is 0 Å². The molecule has 5 heteroatoms. The van der Waals surface area contributed by atoms with Crippen LogP contribution in [0.4, 0.5) is 17.1 Å². The monoisotopic (exact) mass is 347 g/mol. The van der Waals surface area contributed by atoms with Crippen molar-refractivity contribution in [1.82, 2.24) is 4.98 Å². The molecule has 0 aliphatic carbocycles. The molecule has 0 bridgehead atoms. The van der Waals surface area contributed by atoms with Crippen molar-refractivity contribution in [1.29, 1.82) is 0 Å². The normalized spacial score (nSPS) is 10.7. The van der Waals surface area contributed by atoms with Crippen molar-refractivity contribution in [3.63, 3.8) is 0 Å². The fourth-order valence-electron chi connectivity index (χ4n) is 2.02. The van der Waals surface area contributed by atoms with Gasteiger partial charge in [0.15, 0.2) is 0 Å². The number of nitrogens with one attached hydrogen (secondary N) is 1. The van der Waals surface area contributed by atoms with Crippen LogP contribution < -0.4 is 11.1 Å². The van der Waals surface area contributed by atoms with Crippen molar-refractivity contribution < 1.29 is 0 Å². The van der Waals surface area contributed by atoms with Crippen molar-refractivity contribution in [2.75, 3.05) is 11.1 Å². The highest BCUT2D eigenvalue weighted by Crippen LogP contribution is 2.33. The third-order valence-electron chi connectivity index (χ3n) is 3.02. The number of hydrogen-bond donors (Lipinski definition) is 2. The van der Waals surface area contributed by atoms with Gasteiger partial charge in [0, 0.05) is 21.1 Å². The topological polar surface area (TPSA) is 50.9 Å². The second-order valence-corrected chi connectivity index (χ2v) is 5.64. The van der Waals surface area contributed by atoms with E-state index < -0.39 is 0 Å². The number of nitrogens with two attached hydrogens (primary N) is 1. The molecule has 0 spiro atoms. The minimum absolute atomic E-state index is 0.664. The van der Waals surface area contributed by atoms with Gasteiger partial charge in [-0.25, -0.2) is 0 Å². The predicted octanol–water partition coefficient (Wildman–Crippen LogP) is 4.98. The summed E-state index contributed by atoms with van der Waals surface area (Å²) < 4.78 is 0.924. The first-order valence-electron chi connectivity index (χ1n) is 6.00. The molecule has 3 rings (SSSR count). The maximum Gasteiger partial charge on any atom is 0.0724 e. The van der Waals surface area contributed by atoms with Gasteiger partial charge in [0.05, 0.1) is 22.6 Å². The zero-order valence-electron chi connectivity index (χ0n) is 10.4. The first kappa shape index (κ1) is 13.2. The third kappa shape index (κ3) is 2.44. The molecular formula is C15H11BrClN3. The number of hydrogen-bond acceptors (Lipinski definition) is 3. The molecule has 0 saturated carbocycles. The van der Waals surface area contributed by atoms with Crippen LogP contribution in [-0.2, 0) is 0 Å². The molecule has 1 heterocycles. The zero-order chi connectivity index (χ0) is 14.1. The number of fused-ring (bicyclic) bond motifs is 1. The third-order valence-corrected chi connectivity index (χ3v) is 3.95. The molecule has 100 valence electrons. The number of aromatic nitrogens is 1. The van der Waals surface area contributed by atoms with E-state index in [2.05, 4.69) is 26.2 Å². The average Bonchev–Trinajstić information content (AvgIpc) is 2.46. The van der Waals surface area contributed by atoms with E-state index in [-0.39, 0.29) is 0 Å². The number of nitrogens with zero attached hydrogens (tertiary/aromatic N) is 1. The fourth-order valence-corrected chi connectivity index (χ4v) is 2.54. The Bertz CT molecular complexity index is 789. The van der Waals surface area contributed by atoms with Gasteiger partial charge in [-0.15, -0.1) is 0 Å². The van der Waals surface area contributed by atoms with Gasteiger partial charge in [0.2, 0.25) is 0 Å². The molecule has 1 aromatic heterocycles. The lowest BCUT2D eigenvalue weighted by molar-refractivity contribution is 1.41. The van der Waals surface area contributed by atoms with Crippen molar-refractivity contribution >= 4 is 55.5 Å². The van der Waals surface area contributed by atoms with Gasteiger partial charge in [-0.2, -0.15) is 0 Å². The molecule has 2 aromatic carbocycles. The minimum Gasteiger partial charge on any atom is -0.396 e. The van der Waals surface area contributed by atoms with Crippen LogP contribution in [0.3, 0.4) is 0 Å². The van der Waals surface area contributed by atoms with Crippen LogP contribution in [0.15, 0.2) is 53.1 Å². The highest BCUT2D eigenvalue weighted by molar-refractivity contribution is 9.10. The highest BCUT2D eigenvalue weighted by atomic mass is 79.9. The Morgan fingerprint density at radius 2 is 1.95 bits per heavy atom. The van der Waals surface area contributed by atoms with Crippen LogP contribution >= 0.6 is 27.5 Å². The lowest BCUT2D eigenvalue weighted by Crippen LogP contribution is -1.98. The Kier molecular flexibility index (Phi) is 3.51. The molecule has 0 fully saturated rings. The Morgan fingerprint density at radius 3 is 2.80 bits per heavy atom. The number of benzene rings is 2. The second kappa shape index (κ2) is 5.31. The summed E-state index contributed by atoms with van der Waals surface area (Å²) in [4.78, 5) is 4.28. The molecule has 0 radical (unpaired) electrons. The Hall–Kier alpha value is -1.78. The Balaban J connectivity index is 2.07. The number of halogens is 2. The van der Waals surface area contributed by atoms with Gasteiger partial charge in [0.1, 0.15) is 0 Å². The summed E-state index contributed by atoms with van der Waals surface area (Å²) in [6.45, 7) is 0. The molecular weight excluding hydrogens is 338 g/mol. The molecule has 20 heavy (non-hydrogen) atoms. The van der Waals surface area contributed by atoms with Gasteiger partial charge in [0.25, 0.3) is 0 Å². The zero-order valence-corrected chi connectivity index (χ0v) is 12.7. The molecule has 3 aromatic rings.